The van der Waals surface area contributed by atoms with Gasteiger partial charge in [0.15, 0.2) is 5.52 Å². The average Bonchev–Trinajstić information content (AvgIpc) is 3.25. The number of carbonyl (C=O) groups is 1. The van der Waals surface area contributed by atoms with E-state index in [1.807, 2.05) is 0 Å². The molecule has 1 aromatic carbocycles. The van der Waals surface area contributed by atoms with E-state index in [2.05, 4.69) is 4.98 Å². The van der Waals surface area contributed by atoms with Gasteiger partial charge in [-0.3, -0.25) is 18.7 Å². The Labute approximate surface area is 159 Å². The first-order valence-corrected chi connectivity index (χ1v) is 9.15. The zero-order valence-corrected chi connectivity index (χ0v) is 15.2. The van der Waals surface area contributed by atoms with Crippen LogP contribution in [0.4, 0.5) is 4.39 Å². The fourth-order valence-corrected chi connectivity index (χ4v) is 3.51. The Morgan fingerprint density at radius 1 is 1.04 bits per heavy atom. The van der Waals surface area contributed by atoms with Crippen LogP contribution in [-0.4, -0.2) is 38.0 Å². The predicted octanol–water partition coefficient (Wildman–Crippen LogP) is 1.37. The summed E-state index contributed by atoms with van der Waals surface area (Å²) in [5.41, 5.74) is -0.0516. The van der Waals surface area contributed by atoms with Crippen LogP contribution >= 0.6 is 0 Å². The number of amides is 1. The number of hydrogen-bond acceptors (Lipinski definition) is 4. The van der Waals surface area contributed by atoms with Crippen LogP contribution in [0.5, 0.6) is 0 Å². The van der Waals surface area contributed by atoms with Gasteiger partial charge >= 0.3 is 5.69 Å². The van der Waals surface area contributed by atoms with E-state index in [4.69, 9.17) is 0 Å². The molecule has 0 unspecified atom stereocenters. The van der Waals surface area contributed by atoms with Gasteiger partial charge in [-0.2, -0.15) is 0 Å². The zero-order valence-electron chi connectivity index (χ0n) is 15.2. The maximum atomic E-state index is 13.2. The number of fused-ring (bicyclic) bond motifs is 1. The number of rotatable bonds is 4. The molecule has 1 saturated heterocycles. The molecule has 4 rings (SSSR count). The second-order valence-corrected chi connectivity index (χ2v) is 6.85. The molecule has 1 fully saturated rings. The number of benzene rings is 1. The number of nitrogens with zero attached hydrogens (tertiary/aromatic N) is 4. The van der Waals surface area contributed by atoms with Crippen LogP contribution in [0.2, 0.25) is 0 Å². The third-order valence-corrected chi connectivity index (χ3v) is 4.99. The van der Waals surface area contributed by atoms with Crippen LogP contribution in [0, 0.1) is 5.82 Å². The first kappa shape index (κ1) is 18.1. The Hall–Kier alpha value is -3.29. The Balaban J connectivity index is 1.81. The minimum Gasteiger partial charge on any atom is -0.341 e. The van der Waals surface area contributed by atoms with Gasteiger partial charge in [0.2, 0.25) is 5.91 Å². The molecular weight excluding hydrogens is 363 g/mol. The number of hydrogen-bond donors (Lipinski definition) is 0. The third kappa shape index (κ3) is 3.33. The molecule has 1 amide bonds. The molecule has 2 aromatic heterocycles. The largest absolute Gasteiger partial charge is 0.341 e. The molecule has 0 radical (unpaired) electrons. The van der Waals surface area contributed by atoms with Gasteiger partial charge in [-0.1, -0.05) is 12.1 Å². The summed E-state index contributed by atoms with van der Waals surface area (Å²) in [4.78, 5) is 44.4. The molecule has 0 saturated carbocycles. The smallest absolute Gasteiger partial charge is 0.332 e. The van der Waals surface area contributed by atoms with E-state index in [0.29, 0.717) is 24.2 Å². The van der Waals surface area contributed by atoms with Crippen LogP contribution in [0.3, 0.4) is 0 Å². The van der Waals surface area contributed by atoms with E-state index < -0.39 is 17.1 Å². The Morgan fingerprint density at radius 3 is 2.46 bits per heavy atom. The molecule has 0 bridgehead atoms. The van der Waals surface area contributed by atoms with E-state index in [9.17, 15) is 18.8 Å². The Morgan fingerprint density at radius 2 is 1.75 bits per heavy atom. The summed E-state index contributed by atoms with van der Waals surface area (Å²) in [6.07, 6.45) is 3.38. The molecule has 3 aromatic rings. The normalized spacial score (nSPS) is 14.0. The van der Waals surface area contributed by atoms with Crippen molar-refractivity contribution in [2.75, 3.05) is 13.1 Å². The summed E-state index contributed by atoms with van der Waals surface area (Å²) in [5, 5.41) is 0. The molecule has 1 aliphatic heterocycles. The molecule has 0 N–H and O–H groups in total. The minimum atomic E-state index is -0.581. The van der Waals surface area contributed by atoms with Crippen molar-refractivity contribution in [3.05, 3.63) is 74.8 Å². The van der Waals surface area contributed by atoms with Crippen molar-refractivity contribution in [2.24, 2.45) is 0 Å². The maximum absolute atomic E-state index is 13.2. The molecule has 0 aliphatic carbocycles. The van der Waals surface area contributed by atoms with Crippen molar-refractivity contribution in [2.45, 2.75) is 25.9 Å². The Kier molecular flexibility index (Phi) is 4.77. The molecule has 28 heavy (non-hydrogen) atoms. The summed E-state index contributed by atoms with van der Waals surface area (Å²) in [5.74, 6) is -0.554. The summed E-state index contributed by atoms with van der Waals surface area (Å²) in [6.45, 7) is 1.19. The standard InChI is InChI=1S/C20H19FN4O3/c21-15-7-5-14(6-8-15)12-25-19(27)18-16(4-3-9-22-18)24(20(25)28)13-17(26)23-10-1-2-11-23/h3-9H,1-2,10-13H2. The lowest BCUT2D eigenvalue weighted by molar-refractivity contribution is -0.130. The molecule has 1 aliphatic rings. The quantitative estimate of drug-likeness (QED) is 0.683. The van der Waals surface area contributed by atoms with Gasteiger partial charge in [0.05, 0.1) is 12.1 Å². The number of halogens is 1. The van der Waals surface area contributed by atoms with Crippen molar-refractivity contribution in [3.63, 3.8) is 0 Å². The molecule has 7 nitrogen and oxygen atoms in total. The first-order chi connectivity index (χ1) is 13.5. The fourth-order valence-electron chi connectivity index (χ4n) is 3.51. The minimum absolute atomic E-state index is 0.0254. The molecular formula is C20H19FN4O3. The second kappa shape index (κ2) is 7.38. The van der Waals surface area contributed by atoms with E-state index in [0.717, 1.165) is 17.4 Å². The number of carbonyl (C=O) groups excluding carboxylic acids is 1. The van der Waals surface area contributed by atoms with Crippen molar-refractivity contribution >= 4 is 16.9 Å². The lowest BCUT2D eigenvalue weighted by atomic mass is 10.2. The van der Waals surface area contributed by atoms with Crippen molar-refractivity contribution < 1.29 is 9.18 Å². The predicted molar refractivity (Wildman–Crippen MR) is 102 cm³/mol. The van der Waals surface area contributed by atoms with Gasteiger partial charge in [0.25, 0.3) is 5.56 Å². The summed E-state index contributed by atoms with van der Waals surface area (Å²) < 4.78 is 15.5. The Bertz CT molecular complexity index is 1140. The highest BCUT2D eigenvalue weighted by Gasteiger charge is 2.21. The number of likely N-dealkylation sites (tertiary alicyclic amines) is 1. The van der Waals surface area contributed by atoms with Crippen LogP contribution in [0.1, 0.15) is 18.4 Å². The molecule has 0 atom stereocenters. The van der Waals surface area contributed by atoms with E-state index in [1.54, 1.807) is 17.0 Å². The highest BCUT2D eigenvalue weighted by molar-refractivity contribution is 5.79. The van der Waals surface area contributed by atoms with Crippen LogP contribution in [-0.2, 0) is 17.9 Å². The number of pyridine rings is 1. The van der Waals surface area contributed by atoms with E-state index in [1.165, 1.54) is 35.0 Å². The monoisotopic (exact) mass is 382 g/mol. The molecule has 0 spiro atoms. The van der Waals surface area contributed by atoms with Gasteiger partial charge in [0.1, 0.15) is 12.4 Å². The van der Waals surface area contributed by atoms with Crippen molar-refractivity contribution in [3.8, 4) is 0 Å². The first-order valence-electron chi connectivity index (χ1n) is 9.15. The van der Waals surface area contributed by atoms with Crippen molar-refractivity contribution in [1.29, 1.82) is 0 Å². The van der Waals surface area contributed by atoms with Gasteiger partial charge in [-0.05, 0) is 42.7 Å². The topological polar surface area (TPSA) is 77.2 Å². The van der Waals surface area contributed by atoms with Crippen LogP contribution in [0.25, 0.3) is 11.0 Å². The lowest BCUT2D eigenvalue weighted by Crippen LogP contribution is -2.43. The molecule has 144 valence electrons. The fraction of sp³-hybridized carbons (Fsp3) is 0.300. The second-order valence-electron chi connectivity index (χ2n) is 6.85. The summed E-state index contributed by atoms with van der Waals surface area (Å²) in [7, 11) is 0. The highest BCUT2D eigenvalue weighted by atomic mass is 19.1. The highest BCUT2D eigenvalue weighted by Crippen LogP contribution is 2.11. The van der Waals surface area contributed by atoms with Crippen LogP contribution in [0.15, 0.2) is 52.2 Å². The zero-order chi connectivity index (χ0) is 19.7. The average molecular weight is 382 g/mol. The van der Waals surface area contributed by atoms with E-state index in [-0.39, 0.29) is 24.5 Å². The van der Waals surface area contributed by atoms with Crippen LogP contribution < -0.4 is 11.2 Å². The third-order valence-electron chi connectivity index (χ3n) is 4.99. The van der Waals surface area contributed by atoms with Gasteiger partial charge in [-0.15, -0.1) is 0 Å². The van der Waals surface area contributed by atoms with E-state index >= 15 is 0 Å². The molecule has 8 heteroatoms. The summed E-state index contributed by atoms with van der Waals surface area (Å²) >= 11 is 0. The summed E-state index contributed by atoms with van der Waals surface area (Å²) in [6, 6.07) is 8.82. The maximum Gasteiger partial charge on any atom is 0.332 e. The van der Waals surface area contributed by atoms with Gasteiger partial charge in [-0.25, -0.2) is 14.2 Å². The number of aromatic nitrogens is 3. The van der Waals surface area contributed by atoms with Gasteiger partial charge in [0, 0.05) is 19.3 Å². The SMILES string of the molecule is O=C(Cn1c(=O)n(Cc2ccc(F)cc2)c(=O)c2ncccc21)N1CCCC1. The van der Waals surface area contributed by atoms with Crippen molar-refractivity contribution in [1.82, 2.24) is 19.0 Å². The van der Waals surface area contributed by atoms with Gasteiger partial charge < -0.3 is 4.90 Å². The molecule has 3 heterocycles. The lowest BCUT2D eigenvalue weighted by Gasteiger charge is -2.18.